The van der Waals surface area contributed by atoms with E-state index in [1.165, 1.54) is 12.8 Å². The second kappa shape index (κ2) is 11.4. The third-order valence-electron chi connectivity index (χ3n) is 4.34. The van der Waals surface area contributed by atoms with Crippen LogP contribution in [0.25, 0.3) is 0 Å². The molecular weight excluding hydrogens is 292 g/mol. The van der Waals surface area contributed by atoms with E-state index < -0.39 is 0 Å². The summed E-state index contributed by atoms with van der Waals surface area (Å²) in [4.78, 5) is 0. The lowest BCUT2D eigenvalue weighted by Crippen LogP contribution is -2.39. The summed E-state index contributed by atoms with van der Waals surface area (Å²) in [6, 6.07) is 0. The van der Waals surface area contributed by atoms with E-state index in [0.29, 0.717) is 26.4 Å². The molecule has 1 N–H and O–H groups in total. The molecule has 0 radical (unpaired) electrons. The Labute approximate surface area is 143 Å². The van der Waals surface area contributed by atoms with E-state index in [4.69, 9.17) is 14.2 Å². The van der Waals surface area contributed by atoms with Gasteiger partial charge in [-0.25, -0.2) is 0 Å². The maximum Gasteiger partial charge on any atom is 0.0704 e. The average molecular weight is 333 g/mol. The van der Waals surface area contributed by atoms with Gasteiger partial charge in [0.25, 0.3) is 0 Å². The molecule has 2 unspecified atom stereocenters. The van der Waals surface area contributed by atoms with Crippen molar-refractivity contribution in [1.82, 2.24) is 0 Å². The zero-order chi connectivity index (χ0) is 17.9. The quantitative estimate of drug-likeness (QED) is 0.488. The van der Waals surface area contributed by atoms with E-state index in [1.54, 1.807) is 7.11 Å². The third-order valence-corrected chi connectivity index (χ3v) is 4.34. The second-order valence-electron chi connectivity index (χ2n) is 8.12. The minimum atomic E-state index is -0.316. The average Bonchev–Trinajstić information content (AvgIpc) is 2.39. The maximum atomic E-state index is 9.81. The fourth-order valence-corrected chi connectivity index (χ4v) is 3.23. The number of hydrogen-bond acceptors (Lipinski definition) is 4. The Hall–Kier alpha value is -0.160. The van der Waals surface area contributed by atoms with Crippen LogP contribution in [0.5, 0.6) is 0 Å². The Morgan fingerprint density at radius 2 is 1.57 bits per heavy atom. The van der Waals surface area contributed by atoms with Gasteiger partial charge in [0.2, 0.25) is 0 Å². The molecule has 0 aliphatic heterocycles. The second-order valence-corrected chi connectivity index (χ2v) is 8.12. The third kappa shape index (κ3) is 11.1. The first-order valence-electron chi connectivity index (χ1n) is 9.01. The van der Waals surface area contributed by atoms with E-state index in [1.807, 2.05) is 6.92 Å². The summed E-state index contributed by atoms with van der Waals surface area (Å²) in [5.41, 5.74) is 0.179. The zero-order valence-electron chi connectivity index (χ0n) is 16.5. The van der Waals surface area contributed by atoms with Crippen molar-refractivity contribution in [3.63, 3.8) is 0 Å². The van der Waals surface area contributed by atoms with Crippen molar-refractivity contribution in [2.75, 3.05) is 33.5 Å². The van der Waals surface area contributed by atoms with Gasteiger partial charge >= 0.3 is 0 Å². The molecule has 0 bridgehead atoms. The van der Waals surface area contributed by atoms with Crippen LogP contribution >= 0.6 is 0 Å². The van der Waals surface area contributed by atoms with E-state index in [9.17, 15) is 5.11 Å². The van der Waals surface area contributed by atoms with Crippen molar-refractivity contribution >= 4 is 0 Å². The fraction of sp³-hybridized carbons (Fsp3) is 1.00. The molecule has 0 fully saturated rings. The largest absolute Gasteiger partial charge is 0.393 e. The van der Waals surface area contributed by atoms with E-state index in [0.717, 1.165) is 12.8 Å². The van der Waals surface area contributed by atoms with Crippen molar-refractivity contribution in [1.29, 1.82) is 0 Å². The predicted octanol–water partition coefficient (Wildman–Crippen LogP) is 4.05. The van der Waals surface area contributed by atoms with Crippen molar-refractivity contribution in [2.24, 2.45) is 10.8 Å². The highest BCUT2D eigenvalue weighted by atomic mass is 16.5. The van der Waals surface area contributed by atoms with Gasteiger partial charge in [-0.1, -0.05) is 41.0 Å². The summed E-state index contributed by atoms with van der Waals surface area (Å²) in [7, 11) is 1.67. The van der Waals surface area contributed by atoms with Crippen LogP contribution in [0.15, 0.2) is 0 Å². The lowest BCUT2D eigenvalue weighted by molar-refractivity contribution is -0.0825. The van der Waals surface area contributed by atoms with Crippen molar-refractivity contribution in [2.45, 2.75) is 79.4 Å². The topological polar surface area (TPSA) is 47.9 Å². The molecule has 23 heavy (non-hydrogen) atoms. The summed E-state index contributed by atoms with van der Waals surface area (Å²) in [6.45, 7) is 15.4. The molecular formula is C19H40O4. The molecule has 0 amide bonds. The van der Waals surface area contributed by atoms with E-state index >= 15 is 0 Å². The standard InChI is InChI=1S/C19H40O4/c1-8-9-18(3,4)15-17(19(5,6)14-16(2)20)23-13-12-22-11-10-21-7/h16-17,20H,8-15H2,1-7H3. The SMILES string of the molecule is CCCC(C)(C)CC(OCCOCCOC)C(C)(C)CC(C)O. The van der Waals surface area contributed by atoms with Gasteiger partial charge < -0.3 is 19.3 Å². The van der Waals surface area contributed by atoms with Gasteiger partial charge in [-0.3, -0.25) is 0 Å². The first-order chi connectivity index (χ1) is 10.6. The lowest BCUT2D eigenvalue weighted by atomic mass is 9.72. The lowest BCUT2D eigenvalue weighted by Gasteiger charge is -2.40. The molecule has 0 saturated carbocycles. The first kappa shape index (κ1) is 22.8. The first-order valence-corrected chi connectivity index (χ1v) is 9.01. The van der Waals surface area contributed by atoms with Gasteiger partial charge in [0.05, 0.1) is 38.6 Å². The van der Waals surface area contributed by atoms with Gasteiger partial charge in [0.1, 0.15) is 0 Å². The zero-order valence-corrected chi connectivity index (χ0v) is 16.5. The van der Waals surface area contributed by atoms with Crippen LogP contribution in [-0.2, 0) is 14.2 Å². The molecule has 2 atom stereocenters. The Bertz CT molecular complexity index is 287. The van der Waals surface area contributed by atoms with E-state index in [2.05, 4.69) is 34.6 Å². The number of aliphatic hydroxyl groups excluding tert-OH is 1. The van der Waals surface area contributed by atoms with Crippen LogP contribution in [0, 0.1) is 10.8 Å². The van der Waals surface area contributed by atoms with Crippen molar-refractivity contribution in [3.8, 4) is 0 Å². The van der Waals surface area contributed by atoms with Crippen LogP contribution in [-0.4, -0.2) is 50.9 Å². The number of methoxy groups -OCH3 is 1. The molecule has 0 heterocycles. The monoisotopic (exact) mass is 332 g/mol. The molecule has 0 aromatic carbocycles. The summed E-state index contributed by atoms with van der Waals surface area (Å²) in [6.07, 6.45) is 3.90. The van der Waals surface area contributed by atoms with Crippen molar-refractivity contribution < 1.29 is 19.3 Å². The highest BCUT2D eigenvalue weighted by Crippen LogP contribution is 2.38. The highest BCUT2D eigenvalue weighted by Gasteiger charge is 2.35. The molecule has 0 aromatic rings. The molecule has 0 aromatic heterocycles. The Morgan fingerprint density at radius 1 is 0.957 bits per heavy atom. The summed E-state index contributed by atoms with van der Waals surface area (Å²) >= 11 is 0. The molecule has 0 aliphatic rings. The van der Waals surface area contributed by atoms with Gasteiger partial charge in [0, 0.05) is 7.11 Å². The number of hydrogen-bond donors (Lipinski definition) is 1. The minimum Gasteiger partial charge on any atom is -0.393 e. The molecule has 0 spiro atoms. The number of aliphatic hydroxyl groups is 1. The minimum absolute atomic E-state index is 0.0638. The Morgan fingerprint density at radius 3 is 2.09 bits per heavy atom. The molecule has 4 nitrogen and oxygen atoms in total. The van der Waals surface area contributed by atoms with Gasteiger partial charge in [-0.2, -0.15) is 0 Å². The number of rotatable bonds is 14. The molecule has 0 aliphatic carbocycles. The molecule has 4 heteroatoms. The Balaban J connectivity index is 4.61. The van der Waals surface area contributed by atoms with Gasteiger partial charge in [-0.15, -0.1) is 0 Å². The van der Waals surface area contributed by atoms with Crippen LogP contribution in [0.4, 0.5) is 0 Å². The summed E-state index contributed by atoms with van der Waals surface area (Å²) in [5.74, 6) is 0. The van der Waals surface area contributed by atoms with Crippen LogP contribution in [0.3, 0.4) is 0 Å². The van der Waals surface area contributed by atoms with Gasteiger partial charge in [-0.05, 0) is 37.0 Å². The van der Waals surface area contributed by atoms with E-state index in [-0.39, 0.29) is 23.0 Å². The molecule has 0 rings (SSSR count). The fourth-order valence-electron chi connectivity index (χ4n) is 3.23. The predicted molar refractivity (Wildman–Crippen MR) is 95.8 cm³/mol. The number of ether oxygens (including phenoxy) is 3. The Kier molecular flexibility index (Phi) is 11.3. The molecule has 0 saturated heterocycles. The highest BCUT2D eigenvalue weighted by molar-refractivity contribution is 4.85. The van der Waals surface area contributed by atoms with Crippen molar-refractivity contribution in [3.05, 3.63) is 0 Å². The maximum absolute atomic E-state index is 9.81. The van der Waals surface area contributed by atoms with Crippen LogP contribution in [0.1, 0.15) is 67.2 Å². The van der Waals surface area contributed by atoms with Crippen LogP contribution in [0.2, 0.25) is 0 Å². The summed E-state index contributed by atoms with van der Waals surface area (Å²) < 4.78 is 16.7. The smallest absolute Gasteiger partial charge is 0.0704 e. The normalized spacial score (nSPS) is 15.7. The molecule has 140 valence electrons. The van der Waals surface area contributed by atoms with Gasteiger partial charge in [0.15, 0.2) is 0 Å². The van der Waals surface area contributed by atoms with Crippen LogP contribution < -0.4 is 0 Å². The summed E-state index contributed by atoms with van der Waals surface area (Å²) in [5, 5.41) is 9.81.